The van der Waals surface area contributed by atoms with Crippen molar-refractivity contribution in [2.45, 2.75) is 30.4 Å². The molecule has 2 N–H and O–H groups in total. The second-order valence-electron chi connectivity index (χ2n) is 5.56. The van der Waals surface area contributed by atoms with Crippen LogP contribution < -0.4 is 4.72 Å². The fourth-order valence-electron chi connectivity index (χ4n) is 1.83. The lowest BCUT2D eigenvalue weighted by atomic mass is 9.85. The van der Waals surface area contributed by atoms with E-state index in [2.05, 4.69) is 4.72 Å². The van der Waals surface area contributed by atoms with Gasteiger partial charge >= 0.3 is 5.97 Å². The van der Waals surface area contributed by atoms with Gasteiger partial charge in [-0.1, -0.05) is 12.1 Å². The van der Waals surface area contributed by atoms with Crippen LogP contribution in [-0.4, -0.2) is 19.5 Å². The Morgan fingerprint density at radius 3 is 2.27 bits per heavy atom. The molecule has 0 atom stereocenters. The Kier molecular flexibility index (Phi) is 4.30. The molecule has 2 rings (SSSR count). The minimum atomic E-state index is -3.60. The first-order chi connectivity index (χ1) is 10.1. The Hall–Kier alpha value is -1.86. The summed E-state index contributed by atoms with van der Waals surface area (Å²) < 4.78 is 27.2. The average molecular weight is 339 g/mol. The fraction of sp³-hybridized carbons (Fsp3) is 0.267. The molecule has 0 fully saturated rings. The molecule has 0 aliphatic heterocycles. The smallest absolute Gasteiger partial charge is 0.313 e. The SMILES string of the molecule is Cc1csc(S(=O)(=O)Nc2ccc(C(C)(C)C(=O)O)cc2)c1. The third kappa shape index (κ3) is 3.31. The van der Waals surface area contributed by atoms with Crippen molar-refractivity contribution in [3.63, 3.8) is 0 Å². The van der Waals surface area contributed by atoms with Crippen LogP contribution in [0.1, 0.15) is 25.0 Å². The van der Waals surface area contributed by atoms with E-state index in [0.717, 1.165) is 16.9 Å². The molecule has 0 aliphatic carbocycles. The zero-order valence-corrected chi connectivity index (χ0v) is 14.1. The van der Waals surface area contributed by atoms with Crippen molar-refractivity contribution >= 4 is 33.0 Å². The van der Waals surface area contributed by atoms with E-state index in [9.17, 15) is 18.3 Å². The molecular weight excluding hydrogens is 322 g/mol. The molecule has 1 heterocycles. The number of aryl methyl sites for hydroxylation is 1. The highest BCUT2D eigenvalue weighted by molar-refractivity contribution is 7.94. The molecule has 0 bridgehead atoms. The van der Waals surface area contributed by atoms with Gasteiger partial charge in [-0.3, -0.25) is 9.52 Å². The number of thiophene rings is 1. The van der Waals surface area contributed by atoms with Gasteiger partial charge < -0.3 is 5.11 Å². The minimum absolute atomic E-state index is 0.250. The predicted molar refractivity (Wildman–Crippen MR) is 87.0 cm³/mol. The summed E-state index contributed by atoms with van der Waals surface area (Å²) in [5, 5.41) is 11.0. The monoisotopic (exact) mass is 339 g/mol. The van der Waals surface area contributed by atoms with E-state index in [1.807, 2.05) is 6.92 Å². The molecule has 0 saturated carbocycles. The van der Waals surface area contributed by atoms with Crippen LogP contribution in [0.25, 0.3) is 0 Å². The van der Waals surface area contributed by atoms with E-state index in [1.54, 1.807) is 49.6 Å². The molecule has 22 heavy (non-hydrogen) atoms. The van der Waals surface area contributed by atoms with Gasteiger partial charge in [-0.05, 0) is 55.5 Å². The highest BCUT2D eigenvalue weighted by Gasteiger charge is 2.29. The number of benzene rings is 1. The first-order valence-electron chi connectivity index (χ1n) is 6.55. The Balaban J connectivity index is 2.24. The number of sulfonamides is 1. The number of rotatable bonds is 5. The van der Waals surface area contributed by atoms with Crippen molar-refractivity contribution in [1.29, 1.82) is 0 Å². The van der Waals surface area contributed by atoms with Gasteiger partial charge in [-0.15, -0.1) is 11.3 Å². The van der Waals surface area contributed by atoms with Gasteiger partial charge in [0.25, 0.3) is 10.0 Å². The van der Waals surface area contributed by atoms with Gasteiger partial charge in [0, 0.05) is 5.69 Å². The van der Waals surface area contributed by atoms with Crippen LogP contribution in [0.5, 0.6) is 0 Å². The lowest BCUT2D eigenvalue weighted by molar-refractivity contribution is -0.142. The van der Waals surface area contributed by atoms with Gasteiger partial charge in [0.1, 0.15) is 4.21 Å². The Morgan fingerprint density at radius 2 is 1.82 bits per heavy atom. The van der Waals surface area contributed by atoms with Gasteiger partial charge in [0.05, 0.1) is 5.41 Å². The molecular formula is C15H17NO4S2. The molecule has 2 aromatic rings. The zero-order valence-electron chi connectivity index (χ0n) is 12.5. The summed E-state index contributed by atoms with van der Waals surface area (Å²) in [5.41, 5.74) is 0.872. The minimum Gasteiger partial charge on any atom is -0.481 e. The van der Waals surface area contributed by atoms with Crippen LogP contribution in [0.2, 0.25) is 0 Å². The number of aliphatic carboxylic acids is 1. The normalized spacial score (nSPS) is 12.1. The number of hydrogen-bond donors (Lipinski definition) is 2. The number of carboxylic acid groups (broad SMARTS) is 1. The van der Waals surface area contributed by atoms with Crippen LogP contribution in [0.3, 0.4) is 0 Å². The third-order valence-corrected chi connectivity index (χ3v) is 6.30. The van der Waals surface area contributed by atoms with Crippen LogP contribution in [0.15, 0.2) is 39.9 Å². The maximum atomic E-state index is 12.2. The molecule has 1 aromatic heterocycles. The number of carboxylic acids is 1. The highest BCUT2D eigenvalue weighted by atomic mass is 32.2. The topological polar surface area (TPSA) is 83.5 Å². The lowest BCUT2D eigenvalue weighted by Gasteiger charge is -2.19. The van der Waals surface area contributed by atoms with Crippen LogP contribution in [0.4, 0.5) is 5.69 Å². The summed E-state index contributed by atoms with van der Waals surface area (Å²) in [6.45, 7) is 5.03. The van der Waals surface area contributed by atoms with Gasteiger partial charge in [-0.25, -0.2) is 8.42 Å². The summed E-state index contributed by atoms with van der Waals surface area (Å²) in [6.07, 6.45) is 0. The summed E-state index contributed by atoms with van der Waals surface area (Å²) in [4.78, 5) is 11.2. The molecule has 0 aliphatic rings. The standard InChI is InChI=1S/C15H17NO4S2/c1-10-8-13(21-9-10)22(19,20)16-12-6-4-11(5-7-12)15(2,3)14(17)18/h4-9,16H,1-3H3,(H,17,18). The van der Waals surface area contributed by atoms with Crippen molar-refractivity contribution in [1.82, 2.24) is 0 Å². The summed E-state index contributed by atoms with van der Waals surface area (Å²) in [6, 6.07) is 7.97. The number of nitrogens with one attached hydrogen (secondary N) is 1. The van der Waals surface area contributed by atoms with Crippen LogP contribution in [-0.2, 0) is 20.2 Å². The lowest BCUT2D eigenvalue weighted by Crippen LogP contribution is -2.28. The summed E-state index contributed by atoms with van der Waals surface area (Å²) in [5.74, 6) is -0.935. The number of hydrogen-bond acceptors (Lipinski definition) is 4. The molecule has 1 aromatic carbocycles. The van der Waals surface area contributed by atoms with Crippen molar-refractivity contribution in [3.05, 3.63) is 46.8 Å². The zero-order chi connectivity index (χ0) is 16.5. The van der Waals surface area contributed by atoms with E-state index < -0.39 is 21.4 Å². The molecule has 0 unspecified atom stereocenters. The van der Waals surface area contributed by atoms with Crippen molar-refractivity contribution in [2.75, 3.05) is 4.72 Å². The third-order valence-electron chi connectivity index (χ3n) is 3.36. The Bertz CT molecular complexity index is 789. The fourth-order valence-corrected chi connectivity index (χ4v) is 4.12. The van der Waals surface area contributed by atoms with Gasteiger partial charge in [0.15, 0.2) is 0 Å². The largest absolute Gasteiger partial charge is 0.481 e. The molecule has 0 radical (unpaired) electrons. The summed E-state index contributed by atoms with van der Waals surface area (Å²) >= 11 is 1.16. The first kappa shape index (κ1) is 16.5. The summed E-state index contributed by atoms with van der Waals surface area (Å²) in [7, 11) is -3.60. The van der Waals surface area contributed by atoms with E-state index in [0.29, 0.717) is 11.3 Å². The molecule has 0 amide bonds. The molecule has 0 spiro atoms. The molecule has 5 nitrogen and oxygen atoms in total. The second kappa shape index (κ2) is 5.73. The van der Waals surface area contributed by atoms with Crippen molar-refractivity contribution in [3.8, 4) is 0 Å². The number of anilines is 1. The van der Waals surface area contributed by atoms with Crippen LogP contribution >= 0.6 is 11.3 Å². The van der Waals surface area contributed by atoms with Crippen molar-refractivity contribution in [2.24, 2.45) is 0 Å². The quantitative estimate of drug-likeness (QED) is 0.876. The number of carbonyl (C=O) groups is 1. The molecule has 7 heteroatoms. The van der Waals surface area contributed by atoms with Crippen molar-refractivity contribution < 1.29 is 18.3 Å². The van der Waals surface area contributed by atoms with E-state index >= 15 is 0 Å². The van der Waals surface area contributed by atoms with Gasteiger partial charge in [-0.2, -0.15) is 0 Å². The molecule has 0 saturated heterocycles. The highest BCUT2D eigenvalue weighted by Crippen LogP contribution is 2.26. The predicted octanol–water partition coefficient (Wildman–Crippen LogP) is 3.22. The average Bonchev–Trinajstić information content (AvgIpc) is 2.86. The maximum Gasteiger partial charge on any atom is 0.313 e. The second-order valence-corrected chi connectivity index (χ2v) is 8.38. The van der Waals surface area contributed by atoms with Crippen LogP contribution in [0, 0.1) is 6.92 Å². The Labute approximate surface area is 133 Å². The van der Waals surface area contributed by atoms with E-state index in [1.165, 1.54) is 0 Å². The molecule has 118 valence electrons. The van der Waals surface area contributed by atoms with E-state index in [4.69, 9.17) is 0 Å². The first-order valence-corrected chi connectivity index (χ1v) is 8.91. The Morgan fingerprint density at radius 1 is 1.23 bits per heavy atom. The maximum absolute atomic E-state index is 12.2. The van der Waals surface area contributed by atoms with Gasteiger partial charge in [0.2, 0.25) is 0 Å². The van der Waals surface area contributed by atoms with E-state index in [-0.39, 0.29) is 4.21 Å².